The molecule has 2 aliphatic carbocycles. The molecule has 3 unspecified atom stereocenters. The van der Waals surface area contributed by atoms with E-state index in [-0.39, 0.29) is 0 Å². The molecule has 2 fully saturated rings. The number of aliphatic hydroxyl groups is 1. The minimum absolute atomic E-state index is 0.446. The van der Waals surface area contributed by atoms with Crippen LogP contribution in [0.4, 0.5) is 0 Å². The average molecular weight is 210 g/mol. The highest BCUT2D eigenvalue weighted by atomic mass is 16.3. The van der Waals surface area contributed by atoms with Gasteiger partial charge in [0.2, 0.25) is 0 Å². The van der Waals surface area contributed by atoms with Crippen molar-refractivity contribution >= 4 is 0 Å². The lowest BCUT2D eigenvalue weighted by Crippen LogP contribution is -2.28. The normalized spacial score (nSPS) is 38.6. The Morgan fingerprint density at radius 3 is 2.07 bits per heavy atom. The number of rotatable bonds is 1. The first-order valence-electron chi connectivity index (χ1n) is 7.02. The van der Waals surface area contributed by atoms with Crippen LogP contribution in [-0.4, -0.2) is 11.7 Å². The Morgan fingerprint density at radius 2 is 1.33 bits per heavy atom. The fourth-order valence-corrected chi connectivity index (χ4v) is 3.82. The number of fused-ring (bicyclic) bond motifs is 1. The molecular formula is C14H26O. The van der Waals surface area contributed by atoms with Crippen LogP contribution in [0.2, 0.25) is 0 Å². The minimum atomic E-state index is 0.446. The lowest BCUT2D eigenvalue weighted by molar-refractivity contribution is 0.0927. The molecule has 1 heteroatoms. The van der Waals surface area contributed by atoms with Gasteiger partial charge in [-0.15, -0.1) is 0 Å². The Morgan fingerprint density at radius 1 is 0.733 bits per heavy atom. The molecule has 0 bridgehead atoms. The fraction of sp³-hybridized carbons (Fsp3) is 1.00. The third kappa shape index (κ3) is 2.96. The molecule has 1 nitrogen and oxygen atoms in total. The van der Waals surface area contributed by atoms with Crippen LogP contribution in [0.1, 0.15) is 64.2 Å². The van der Waals surface area contributed by atoms with Crippen LogP contribution in [0.15, 0.2) is 0 Å². The van der Waals surface area contributed by atoms with E-state index in [4.69, 9.17) is 0 Å². The van der Waals surface area contributed by atoms with Crippen LogP contribution in [0.25, 0.3) is 0 Å². The summed E-state index contributed by atoms with van der Waals surface area (Å²) in [5.41, 5.74) is 0. The van der Waals surface area contributed by atoms with Crippen molar-refractivity contribution in [3.05, 3.63) is 0 Å². The van der Waals surface area contributed by atoms with Gasteiger partial charge in [0, 0.05) is 6.61 Å². The van der Waals surface area contributed by atoms with Gasteiger partial charge in [-0.1, -0.05) is 51.4 Å². The van der Waals surface area contributed by atoms with Crippen molar-refractivity contribution in [2.45, 2.75) is 64.2 Å². The third-order valence-electron chi connectivity index (χ3n) is 4.71. The molecule has 0 aliphatic heterocycles. The Balaban J connectivity index is 2.00. The van der Waals surface area contributed by atoms with Gasteiger partial charge in [-0.2, -0.15) is 0 Å². The van der Waals surface area contributed by atoms with Crippen LogP contribution < -0.4 is 0 Å². The van der Waals surface area contributed by atoms with Gasteiger partial charge in [0.15, 0.2) is 0 Å². The van der Waals surface area contributed by atoms with Crippen LogP contribution in [-0.2, 0) is 0 Å². The molecule has 2 rings (SSSR count). The summed E-state index contributed by atoms with van der Waals surface area (Å²) in [5, 5.41) is 9.54. The van der Waals surface area contributed by atoms with Gasteiger partial charge in [0.05, 0.1) is 0 Å². The van der Waals surface area contributed by atoms with Gasteiger partial charge in [0.25, 0.3) is 0 Å². The van der Waals surface area contributed by atoms with Crippen molar-refractivity contribution in [1.82, 2.24) is 0 Å². The van der Waals surface area contributed by atoms with Crippen LogP contribution in [0.5, 0.6) is 0 Å². The summed E-state index contributed by atoms with van der Waals surface area (Å²) in [6, 6.07) is 0. The van der Waals surface area contributed by atoms with E-state index in [1.807, 2.05) is 0 Å². The molecule has 0 radical (unpaired) electrons. The highest BCUT2D eigenvalue weighted by Crippen LogP contribution is 2.40. The second-order valence-electron chi connectivity index (χ2n) is 5.64. The maximum absolute atomic E-state index is 9.54. The zero-order valence-corrected chi connectivity index (χ0v) is 9.96. The summed E-state index contributed by atoms with van der Waals surface area (Å²) < 4.78 is 0. The minimum Gasteiger partial charge on any atom is -0.396 e. The standard InChI is InChI=1S/C14H26O/c15-11-13-9-4-2-1-3-7-12-8-5-6-10-14(12)13/h12-15H,1-11H2. The van der Waals surface area contributed by atoms with Crippen LogP contribution >= 0.6 is 0 Å². The fourth-order valence-electron chi connectivity index (χ4n) is 3.82. The van der Waals surface area contributed by atoms with E-state index < -0.39 is 0 Å². The molecule has 1 N–H and O–H groups in total. The molecule has 2 saturated carbocycles. The highest BCUT2D eigenvalue weighted by molar-refractivity contribution is 4.81. The van der Waals surface area contributed by atoms with E-state index in [0.29, 0.717) is 12.5 Å². The summed E-state index contributed by atoms with van der Waals surface area (Å²) in [7, 11) is 0. The van der Waals surface area contributed by atoms with E-state index in [1.54, 1.807) is 0 Å². The molecule has 0 saturated heterocycles. The molecule has 0 aromatic rings. The first-order valence-corrected chi connectivity index (χ1v) is 7.02. The maximum atomic E-state index is 9.54. The lowest BCUT2D eigenvalue weighted by atomic mass is 9.70. The van der Waals surface area contributed by atoms with Gasteiger partial charge in [0.1, 0.15) is 0 Å². The monoisotopic (exact) mass is 210 g/mol. The first-order chi connectivity index (χ1) is 7.42. The van der Waals surface area contributed by atoms with Crippen LogP contribution in [0, 0.1) is 17.8 Å². The first kappa shape index (κ1) is 11.4. The van der Waals surface area contributed by atoms with Crippen molar-refractivity contribution < 1.29 is 5.11 Å². The second kappa shape index (κ2) is 5.89. The Labute approximate surface area is 94.3 Å². The van der Waals surface area contributed by atoms with Crippen LogP contribution in [0.3, 0.4) is 0 Å². The summed E-state index contributed by atoms with van der Waals surface area (Å²) >= 11 is 0. The zero-order chi connectivity index (χ0) is 10.5. The predicted octanol–water partition coefficient (Wildman–Crippen LogP) is 3.76. The molecule has 15 heavy (non-hydrogen) atoms. The quantitative estimate of drug-likeness (QED) is 0.698. The largest absolute Gasteiger partial charge is 0.396 e. The summed E-state index contributed by atoms with van der Waals surface area (Å²) in [5.74, 6) is 2.45. The summed E-state index contributed by atoms with van der Waals surface area (Å²) in [6.45, 7) is 0.446. The molecule has 3 atom stereocenters. The molecule has 0 heterocycles. The molecule has 0 spiro atoms. The van der Waals surface area contributed by atoms with Gasteiger partial charge < -0.3 is 5.11 Å². The third-order valence-corrected chi connectivity index (χ3v) is 4.71. The van der Waals surface area contributed by atoms with Crippen molar-refractivity contribution in [3.8, 4) is 0 Å². The SMILES string of the molecule is OCC1CCCCCCC2CCCCC12. The van der Waals surface area contributed by atoms with E-state index in [2.05, 4.69) is 0 Å². The predicted molar refractivity (Wildman–Crippen MR) is 63.7 cm³/mol. The van der Waals surface area contributed by atoms with Gasteiger partial charge in [-0.25, -0.2) is 0 Å². The average Bonchev–Trinajstić information content (AvgIpc) is 2.38. The second-order valence-corrected chi connectivity index (χ2v) is 5.64. The zero-order valence-electron chi connectivity index (χ0n) is 9.96. The van der Waals surface area contributed by atoms with E-state index in [1.165, 1.54) is 64.2 Å². The number of hydrogen-bond donors (Lipinski definition) is 1. The Bertz CT molecular complexity index is 168. The van der Waals surface area contributed by atoms with Crippen molar-refractivity contribution in [3.63, 3.8) is 0 Å². The Kier molecular flexibility index (Phi) is 4.49. The maximum Gasteiger partial charge on any atom is 0.0462 e. The molecule has 2 aliphatic rings. The molecule has 0 aromatic heterocycles. The molecule has 88 valence electrons. The molecule has 0 aromatic carbocycles. The van der Waals surface area contributed by atoms with Gasteiger partial charge in [-0.05, 0) is 30.6 Å². The summed E-state index contributed by atoms with van der Waals surface area (Å²) in [6.07, 6.45) is 14.1. The smallest absolute Gasteiger partial charge is 0.0462 e. The van der Waals surface area contributed by atoms with E-state index >= 15 is 0 Å². The van der Waals surface area contributed by atoms with Gasteiger partial charge in [-0.3, -0.25) is 0 Å². The number of hydrogen-bond acceptors (Lipinski definition) is 1. The topological polar surface area (TPSA) is 20.2 Å². The summed E-state index contributed by atoms with van der Waals surface area (Å²) in [4.78, 5) is 0. The van der Waals surface area contributed by atoms with Gasteiger partial charge >= 0.3 is 0 Å². The Hall–Kier alpha value is -0.0400. The van der Waals surface area contributed by atoms with E-state index in [0.717, 1.165) is 11.8 Å². The van der Waals surface area contributed by atoms with Crippen molar-refractivity contribution in [2.75, 3.05) is 6.61 Å². The van der Waals surface area contributed by atoms with Crippen molar-refractivity contribution in [2.24, 2.45) is 17.8 Å². The van der Waals surface area contributed by atoms with E-state index in [9.17, 15) is 5.11 Å². The van der Waals surface area contributed by atoms with Crippen molar-refractivity contribution in [1.29, 1.82) is 0 Å². The lowest BCUT2D eigenvalue weighted by Gasteiger charge is -2.36. The molecular weight excluding hydrogens is 184 g/mol. The highest BCUT2D eigenvalue weighted by Gasteiger charge is 2.31. The molecule has 0 amide bonds. The number of aliphatic hydroxyl groups excluding tert-OH is 1.